The third-order valence-corrected chi connectivity index (χ3v) is 5.19. The van der Waals surface area contributed by atoms with Crippen LogP contribution in [0, 0.1) is 0 Å². The van der Waals surface area contributed by atoms with Crippen molar-refractivity contribution in [3.63, 3.8) is 0 Å². The van der Waals surface area contributed by atoms with Gasteiger partial charge >= 0.3 is 6.09 Å². The van der Waals surface area contributed by atoms with Crippen molar-refractivity contribution < 1.29 is 23.8 Å². The average molecular weight is 354 g/mol. The highest BCUT2D eigenvalue weighted by Gasteiger charge is 2.69. The molecule has 0 saturated heterocycles. The third kappa shape index (κ3) is 3.92. The van der Waals surface area contributed by atoms with E-state index in [9.17, 15) is 9.59 Å². The Labute approximate surface area is 149 Å². The van der Waals surface area contributed by atoms with Crippen LogP contribution in [0.5, 0.6) is 0 Å². The van der Waals surface area contributed by atoms with E-state index in [1.807, 2.05) is 27.7 Å². The van der Waals surface area contributed by atoms with Crippen LogP contribution in [0.3, 0.4) is 0 Å². The van der Waals surface area contributed by atoms with Gasteiger partial charge in [-0.3, -0.25) is 4.79 Å². The minimum Gasteiger partial charge on any atom is -0.444 e. The quantitative estimate of drug-likeness (QED) is 0.685. The minimum absolute atomic E-state index is 0.0221. The van der Waals surface area contributed by atoms with E-state index in [2.05, 4.69) is 10.6 Å². The molecule has 0 spiro atoms. The van der Waals surface area contributed by atoms with Gasteiger partial charge in [-0.2, -0.15) is 0 Å². The molecular formula is C18H30N2O5. The molecule has 0 heterocycles. The number of amides is 2. The molecule has 0 aromatic heterocycles. The van der Waals surface area contributed by atoms with Crippen LogP contribution < -0.4 is 10.6 Å². The van der Waals surface area contributed by atoms with Gasteiger partial charge in [-0.05, 0) is 53.4 Å². The van der Waals surface area contributed by atoms with Crippen molar-refractivity contribution in [2.45, 2.75) is 88.7 Å². The number of hydrogen-bond acceptors (Lipinski definition) is 5. The second-order valence-electron chi connectivity index (χ2n) is 8.75. The van der Waals surface area contributed by atoms with Crippen molar-refractivity contribution in [2.24, 2.45) is 0 Å². The third-order valence-electron chi connectivity index (χ3n) is 5.19. The van der Waals surface area contributed by atoms with Crippen LogP contribution in [0.25, 0.3) is 0 Å². The number of nitrogens with one attached hydrogen (secondary N) is 2. The van der Waals surface area contributed by atoms with Gasteiger partial charge in [0.1, 0.15) is 12.2 Å². The van der Waals surface area contributed by atoms with Crippen LogP contribution in [0.4, 0.5) is 4.79 Å². The summed E-state index contributed by atoms with van der Waals surface area (Å²) in [6.45, 7) is 8.06. The van der Waals surface area contributed by atoms with Gasteiger partial charge in [0.25, 0.3) is 0 Å². The molecular weight excluding hydrogens is 324 g/mol. The summed E-state index contributed by atoms with van der Waals surface area (Å²) in [6, 6.07) is 0. The van der Waals surface area contributed by atoms with E-state index in [1.54, 1.807) is 0 Å². The van der Waals surface area contributed by atoms with Crippen LogP contribution in [-0.4, -0.2) is 47.7 Å². The number of rotatable bonds is 7. The van der Waals surface area contributed by atoms with Crippen LogP contribution in [0.1, 0.15) is 66.2 Å². The van der Waals surface area contributed by atoms with Gasteiger partial charge in [-0.25, -0.2) is 4.79 Å². The zero-order valence-electron chi connectivity index (χ0n) is 15.7. The molecule has 4 aliphatic rings. The molecule has 0 aromatic rings. The van der Waals surface area contributed by atoms with Crippen LogP contribution in [0.15, 0.2) is 0 Å². The van der Waals surface area contributed by atoms with Gasteiger partial charge in [0, 0.05) is 25.0 Å². The number of carbonyl (C=O) groups is 2. The lowest BCUT2D eigenvalue weighted by molar-refractivity contribution is -0.273. The van der Waals surface area contributed by atoms with Crippen molar-refractivity contribution in [1.82, 2.24) is 10.6 Å². The predicted octanol–water partition coefficient (Wildman–Crippen LogP) is 2.24. The molecule has 7 heteroatoms. The Hall–Kier alpha value is -1.34. The van der Waals surface area contributed by atoms with Gasteiger partial charge in [-0.1, -0.05) is 0 Å². The van der Waals surface area contributed by atoms with Gasteiger partial charge in [0.05, 0.1) is 5.54 Å². The Morgan fingerprint density at radius 2 is 1.60 bits per heavy atom. The normalized spacial score (nSPS) is 31.8. The molecule has 142 valence electrons. The predicted molar refractivity (Wildman–Crippen MR) is 91.0 cm³/mol. The minimum atomic E-state index is -0.551. The Morgan fingerprint density at radius 3 is 2.08 bits per heavy atom. The van der Waals surface area contributed by atoms with Gasteiger partial charge < -0.3 is 24.8 Å². The molecule has 7 nitrogen and oxygen atoms in total. The number of ether oxygens (including phenoxy) is 3. The number of hydrogen-bond donors (Lipinski definition) is 2. The fourth-order valence-electron chi connectivity index (χ4n) is 4.16. The van der Waals surface area contributed by atoms with E-state index < -0.39 is 11.4 Å². The Morgan fingerprint density at radius 1 is 1.00 bits per heavy atom. The van der Waals surface area contributed by atoms with Gasteiger partial charge in [0.2, 0.25) is 5.91 Å². The first-order valence-electron chi connectivity index (χ1n) is 9.19. The van der Waals surface area contributed by atoms with Crippen molar-refractivity contribution in [3.05, 3.63) is 0 Å². The largest absolute Gasteiger partial charge is 0.444 e. The second kappa shape index (κ2) is 6.13. The molecule has 2 amide bonds. The number of alkyl carbamates (subject to hydrolysis) is 1. The first kappa shape index (κ1) is 18.5. The molecule has 4 aliphatic carbocycles. The summed E-state index contributed by atoms with van der Waals surface area (Å²) in [5.41, 5.74) is -0.903. The molecule has 0 unspecified atom stereocenters. The molecule has 25 heavy (non-hydrogen) atoms. The lowest BCUT2D eigenvalue weighted by atomic mass is 9.44. The lowest BCUT2D eigenvalue weighted by Crippen LogP contribution is -2.84. The first-order valence-corrected chi connectivity index (χ1v) is 9.19. The summed E-state index contributed by atoms with van der Waals surface area (Å²) in [5.74, 6) is -0.665. The SMILES string of the molecule is CCOC1(OCC(=O)NC23CC(NC(=O)OC(C)(C)C)(C2)C3)CCC1. The van der Waals surface area contributed by atoms with Crippen LogP contribution >= 0.6 is 0 Å². The highest BCUT2D eigenvalue weighted by atomic mass is 16.7. The van der Waals surface area contributed by atoms with Crippen LogP contribution in [0.2, 0.25) is 0 Å². The maximum Gasteiger partial charge on any atom is 0.408 e. The average Bonchev–Trinajstić information content (AvgIpc) is 2.35. The second-order valence-corrected chi connectivity index (χ2v) is 8.75. The number of carbonyl (C=O) groups excluding carboxylic acids is 2. The monoisotopic (exact) mass is 354 g/mol. The zero-order chi connectivity index (χ0) is 18.3. The van der Waals surface area contributed by atoms with E-state index in [-0.39, 0.29) is 29.7 Å². The summed E-state index contributed by atoms with van der Waals surface area (Å²) in [4.78, 5) is 24.1. The van der Waals surface area contributed by atoms with Crippen molar-refractivity contribution >= 4 is 12.0 Å². The summed E-state index contributed by atoms with van der Waals surface area (Å²) >= 11 is 0. The summed E-state index contributed by atoms with van der Waals surface area (Å²) in [6.07, 6.45) is 4.64. The van der Waals surface area contributed by atoms with E-state index in [0.717, 1.165) is 38.5 Å². The Kier molecular flexibility index (Phi) is 4.52. The Balaban J connectivity index is 1.37. The van der Waals surface area contributed by atoms with Crippen molar-refractivity contribution in [3.8, 4) is 0 Å². The molecule has 2 N–H and O–H groups in total. The topological polar surface area (TPSA) is 85.9 Å². The molecule has 4 rings (SSSR count). The standard InChI is InChI=1S/C18H30N2O5/c1-5-23-18(7-6-8-18)24-9-13(21)19-16-10-17(11-16,12-16)20-14(22)25-15(2,3)4/h5-12H2,1-4H3,(H,19,21)(H,20,22). The van der Waals surface area contributed by atoms with Gasteiger partial charge in [0.15, 0.2) is 5.79 Å². The molecule has 4 fully saturated rings. The molecule has 4 saturated carbocycles. The molecule has 0 atom stereocenters. The van der Waals surface area contributed by atoms with Crippen molar-refractivity contribution in [2.75, 3.05) is 13.2 Å². The molecule has 2 bridgehead atoms. The van der Waals surface area contributed by atoms with Crippen LogP contribution in [-0.2, 0) is 19.0 Å². The smallest absolute Gasteiger partial charge is 0.408 e. The summed E-state index contributed by atoms with van der Waals surface area (Å²) in [7, 11) is 0. The lowest BCUT2D eigenvalue weighted by Gasteiger charge is -2.70. The van der Waals surface area contributed by atoms with E-state index >= 15 is 0 Å². The van der Waals surface area contributed by atoms with E-state index in [0.29, 0.717) is 6.61 Å². The fraction of sp³-hybridized carbons (Fsp3) is 0.889. The molecule has 0 aliphatic heterocycles. The molecule has 0 aromatic carbocycles. The summed E-state index contributed by atoms with van der Waals surface area (Å²) in [5, 5.41) is 6.00. The summed E-state index contributed by atoms with van der Waals surface area (Å²) < 4.78 is 16.6. The van der Waals surface area contributed by atoms with Gasteiger partial charge in [-0.15, -0.1) is 0 Å². The fourth-order valence-corrected chi connectivity index (χ4v) is 4.16. The maximum atomic E-state index is 12.2. The molecule has 0 radical (unpaired) electrons. The Bertz CT molecular complexity index is 530. The van der Waals surface area contributed by atoms with E-state index in [1.165, 1.54) is 0 Å². The van der Waals surface area contributed by atoms with Crippen molar-refractivity contribution in [1.29, 1.82) is 0 Å². The van der Waals surface area contributed by atoms with E-state index in [4.69, 9.17) is 14.2 Å². The maximum absolute atomic E-state index is 12.2. The highest BCUT2D eigenvalue weighted by Crippen LogP contribution is 2.60. The zero-order valence-corrected chi connectivity index (χ0v) is 15.7. The first-order chi connectivity index (χ1) is 11.6. The highest BCUT2D eigenvalue weighted by molar-refractivity contribution is 5.79.